The molecule has 9 rings (SSSR count). The van der Waals surface area contributed by atoms with Crippen LogP contribution in [0.5, 0.6) is 11.5 Å². The van der Waals surface area contributed by atoms with E-state index in [2.05, 4.69) is 31.2 Å². The highest BCUT2D eigenvalue weighted by molar-refractivity contribution is 6.05. The van der Waals surface area contributed by atoms with E-state index >= 15 is 0 Å². The van der Waals surface area contributed by atoms with Crippen LogP contribution in [0.3, 0.4) is 0 Å². The summed E-state index contributed by atoms with van der Waals surface area (Å²) < 4.78 is 11.3. The molecule has 0 spiro atoms. The largest absolute Gasteiger partial charge is 0.454 e. The van der Waals surface area contributed by atoms with E-state index in [-0.39, 0.29) is 37.0 Å². The summed E-state index contributed by atoms with van der Waals surface area (Å²) in [5.74, 6) is 1.65. The molecular formula is C38H36N8O5. The summed E-state index contributed by atoms with van der Waals surface area (Å²) in [7, 11) is 0. The van der Waals surface area contributed by atoms with E-state index in [4.69, 9.17) is 15.2 Å². The molecule has 2 saturated heterocycles. The minimum Gasteiger partial charge on any atom is -0.454 e. The maximum atomic E-state index is 14.3. The second-order valence-corrected chi connectivity index (χ2v) is 13.6. The first-order valence-corrected chi connectivity index (χ1v) is 17.2. The molecule has 3 amide bonds. The van der Waals surface area contributed by atoms with Gasteiger partial charge in [0, 0.05) is 55.0 Å². The van der Waals surface area contributed by atoms with Gasteiger partial charge in [0.15, 0.2) is 11.5 Å². The summed E-state index contributed by atoms with van der Waals surface area (Å²) >= 11 is 0. The Hall–Kier alpha value is -6.11. The Morgan fingerprint density at radius 3 is 2.55 bits per heavy atom. The highest BCUT2D eigenvalue weighted by atomic mass is 16.7. The molecule has 0 radical (unpaired) electrons. The Kier molecular flexibility index (Phi) is 7.48. The number of hydrogen-bond donors (Lipinski definition) is 3. The number of ether oxygens (including phenoxy) is 2. The smallest absolute Gasteiger partial charge is 0.258 e. The lowest BCUT2D eigenvalue weighted by molar-refractivity contribution is -0.159. The van der Waals surface area contributed by atoms with Crippen LogP contribution < -0.4 is 25.4 Å². The summed E-state index contributed by atoms with van der Waals surface area (Å²) in [5, 5.41) is 3.87. The van der Waals surface area contributed by atoms with Crippen LogP contribution in [0.2, 0.25) is 0 Å². The summed E-state index contributed by atoms with van der Waals surface area (Å²) in [6, 6.07) is 19.8. The van der Waals surface area contributed by atoms with Crippen LogP contribution in [0.25, 0.3) is 10.9 Å². The fourth-order valence-corrected chi connectivity index (χ4v) is 7.94. The molecule has 4 N–H and O–H groups in total. The Bertz CT molecular complexity index is 2180. The Morgan fingerprint density at radius 2 is 1.73 bits per heavy atom. The number of H-pyrrole nitrogens is 1. The quantitative estimate of drug-likeness (QED) is 0.224. The van der Waals surface area contributed by atoms with Crippen LogP contribution in [-0.4, -0.2) is 81.5 Å². The van der Waals surface area contributed by atoms with Crippen molar-refractivity contribution in [2.45, 2.75) is 31.3 Å². The number of anilines is 3. The third-order valence-corrected chi connectivity index (χ3v) is 10.5. The van der Waals surface area contributed by atoms with Crippen LogP contribution in [0, 0.1) is 5.92 Å². The van der Waals surface area contributed by atoms with E-state index in [0.717, 1.165) is 40.6 Å². The summed E-state index contributed by atoms with van der Waals surface area (Å²) in [5.41, 5.74) is 11.2. The molecule has 51 heavy (non-hydrogen) atoms. The number of aromatic nitrogens is 3. The number of fused-ring (bicyclic) bond motifs is 5. The van der Waals surface area contributed by atoms with Crippen LogP contribution in [-0.2, 0) is 16.0 Å². The highest BCUT2D eigenvalue weighted by Gasteiger charge is 2.48. The molecule has 4 aliphatic rings. The van der Waals surface area contributed by atoms with Gasteiger partial charge < -0.3 is 40.2 Å². The van der Waals surface area contributed by atoms with Crippen LogP contribution >= 0.6 is 0 Å². The standard InChI is InChI=1S/C38H36N8O5/c39-27-6-2-4-8-29(27)43-36(48)24-17-40-38(41-18-24)44-13-11-22(12-14-44)19-45-20-33(47)46-30(37(45)49)16-26-25-5-1-3-7-28(25)42-34(26)35(46)23-9-10-31-32(15-23)51-21-50-31/h1-10,15,17-18,22,30,35,42H,11-14,16,19-21,39H2,(H,43,48)/t30?,35-/m1/s1. The predicted molar refractivity (Wildman–Crippen MR) is 189 cm³/mol. The Labute approximate surface area is 293 Å². The number of carbonyl (C=O) groups is 3. The molecular weight excluding hydrogens is 648 g/mol. The van der Waals surface area contributed by atoms with Gasteiger partial charge in [-0.1, -0.05) is 36.4 Å². The van der Waals surface area contributed by atoms with Crippen molar-refractivity contribution in [3.63, 3.8) is 0 Å². The molecule has 2 aromatic heterocycles. The van der Waals surface area contributed by atoms with Gasteiger partial charge in [-0.05, 0) is 60.2 Å². The van der Waals surface area contributed by atoms with E-state index in [1.165, 1.54) is 12.4 Å². The van der Waals surface area contributed by atoms with Crippen molar-refractivity contribution in [3.05, 3.63) is 102 Å². The topological polar surface area (TPSA) is 159 Å². The highest BCUT2D eigenvalue weighted by Crippen LogP contribution is 2.45. The number of benzene rings is 3. The van der Waals surface area contributed by atoms with E-state index in [1.807, 2.05) is 36.4 Å². The molecule has 1 unspecified atom stereocenters. The molecule has 0 saturated carbocycles. The minimum absolute atomic E-state index is 0.0202. The number of para-hydroxylation sites is 3. The molecule has 4 aliphatic heterocycles. The number of nitrogen functional groups attached to an aromatic ring is 1. The fraction of sp³-hybridized carbons (Fsp3) is 0.289. The van der Waals surface area contributed by atoms with Gasteiger partial charge in [0.1, 0.15) is 6.04 Å². The fourth-order valence-electron chi connectivity index (χ4n) is 7.94. The van der Waals surface area contributed by atoms with Gasteiger partial charge in [0.05, 0.1) is 29.5 Å². The Morgan fingerprint density at radius 1 is 0.961 bits per heavy atom. The summed E-state index contributed by atoms with van der Waals surface area (Å²) in [4.78, 5) is 59.3. The van der Waals surface area contributed by atoms with Crippen molar-refractivity contribution in [2.75, 3.05) is 48.9 Å². The second-order valence-electron chi connectivity index (χ2n) is 13.6. The monoisotopic (exact) mass is 684 g/mol. The Balaban J connectivity index is 0.890. The van der Waals surface area contributed by atoms with E-state index in [9.17, 15) is 14.4 Å². The van der Waals surface area contributed by atoms with Crippen LogP contribution in [0.1, 0.15) is 46.1 Å². The number of aromatic amines is 1. The van der Waals surface area contributed by atoms with Gasteiger partial charge in [-0.25, -0.2) is 9.97 Å². The molecule has 0 aliphatic carbocycles. The molecule has 2 fully saturated rings. The third kappa shape index (κ3) is 5.45. The lowest BCUT2D eigenvalue weighted by atomic mass is 9.85. The zero-order valence-corrected chi connectivity index (χ0v) is 27.7. The number of rotatable bonds is 6. The molecule has 3 aromatic carbocycles. The average molecular weight is 685 g/mol. The van der Waals surface area contributed by atoms with Gasteiger partial charge in [-0.3, -0.25) is 14.4 Å². The van der Waals surface area contributed by atoms with Crippen molar-refractivity contribution in [1.29, 1.82) is 0 Å². The van der Waals surface area contributed by atoms with E-state index in [1.54, 1.807) is 34.1 Å². The first kappa shape index (κ1) is 30.9. The first-order chi connectivity index (χ1) is 24.9. The minimum atomic E-state index is -0.615. The number of hydrogen-bond acceptors (Lipinski definition) is 9. The lowest BCUT2D eigenvalue weighted by Gasteiger charge is -2.48. The molecule has 13 heteroatoms. The van der Waals surface area contributed by atoms with Gasteiger partial charge >= 0.3 is 0 Å². The van der Waals surface area contributed by atoms with Gasteiger partial charge in [-0.15, -0.1) is 0 Å². The molecule has 0 bridgehead atoms. The molecule has 13 nitrogen and oxygen atoms in total. The number of amides is 3. The zero-order chi connectivity index (χ0) is 34.6. The maximum Gasteiger partial charge on any atom is 0.258 e. The van der Waals surface area contributed by atoms with Gasteiger partial charge in [0.25, 0.3) is 5.91 Å². The van der Waals surface area contributed by atoms with Crippen molar-refractivity contribution in [3.8, 4) is 11.5 Å². The number of nitrogens with zero attached hydrogens (tertiary/aromatic N) is 5. The maximum absolute atomic E-state index is 14.3. The SMILES string of the molecule is Nc1ccccc1NC(=O)c1cnc(N2CCC(CN3CC(=O)N4C(Cc5c([nH]c6ccccc56)[C@H]4c4ccc5c(c4)OCO5)C3=O)CC2)nc1. The number of piperidine rings is 1. The molecule has 258 valence electrons. The number of carbonyl (C=O) groups excluding carboxylic acids is 3. The van der Waals surface area contributed by atoms with Crippen molar-refractivity contribution in [2.24, 2.45) is 5.92 Å². The number of piperazine rings is 1. The average Bonchev–Trinajstić information content (AvgIpc) is 3.78. The molecule has 2 atom stereocenters. The predicted octanol–water partition coefficient (Wildman–Crippen LogP) is 4.12. The second kappa shape index (κ2) is 12.3. The molecule has 5 aromatic rings. The summed E-state index contributed by atoms with van der Waals surface area (Å²) in [6.07, 6.45) is 5.12. The summed E-state index contributed by atoms with van der Waals surface area (Å²) in [6.45, 7) is 2.11. The third-order valence-electron chi connectivity index (χ3n) is 10.5. The van der Waals surface area contributed by atoms with Crippen molar-refractivity contribution >= 4 is 45.9 Å². The zero-order valence-electron chi connectivity index (χ0n) is 27.7. The normalized spacial score (nSPS) is 20.0. The lowest BCUT2D eigenvalue weighted by Crippen LogP contribution is -2.63. The van der Waals surface area contributed by atoms with Crippen LogP contribution in [0.15, 0.2) is 79.1 Å². The van der Waals surface area contributed by atoms with Gasteiger partial charge in [-0.2, -0.15) is 0 Å². The molecule has 6 heterocycles. The van der Waals surface area contributed by atoms with E-state index in [0.29, 0.717) is 60.4 Å². The number of nitrogens with one attached hydrogen (secondary N) is 2. The van der Waals surface area contributed by atoms with E-state index < -0.39 is 12.1 Å². The van der Waals surface area contributed by atoms with Crippen molar-refractivity contribution < 1.29 is 23.9 Å². The van der Waals surface area contributed by atoms with Gasteiger partial charge in [0.2, 0.25) is 24.6 Å². The van der Waals surface area contributed by atoms with Crippen LogP contribution in [0.4, 0.5) is 17.3 Å². The first-order valence-electron chi connectivity index (χ1n) is 17.2. The van der Waals surface area contributed by atoms with Crippen molar-refractivity contribution in [1.82, 2.24) is 24.8 Å². The number of nitrogens with two attached hydrogens (primary N) is 1.